The highest BCUT2D eigenvalue weighted by atomic mass is 16.1. The second kappa shape index (κ2) is 5.71. The summed E-state index contributed by atoms with van der Waals surface area (Å²) in [6, 6.07) is 10.8. The molecule has 0 aliphatic carbocycles. The third kappa shape index (κ3) is 2.73. The summed E-state index contributed by atoms with van der Waals surface area (Å²) < 4.78 is 0. The predicted octanol–water partition coefficient (Wildman–Crippen LogP) is 3.18. The quantitative estimate of drug-likeness (QED) is 0.854. The van der Waals surface area contributed by atoms with Crippen molar-refractivity contribution in [2.45, 2.75) is 38.8 Å². The zero-order valence-corrected chi connectivity index (χ0v) is 11.9. The van der Waals surface area contributed by atoms with Crippen molar-refractivity contribution < 1.29 is 4.79 Å². The molecule has 0 radical (unpaired) electrons. The number of likely N-dealkylation sites (tertiary alicyclic amines) is 1. The maximum absolute atomic E-state index is 11.4. The highest BCUT2D eigenvalue weighted by Gasteiger charge is 2.25. The Labute approximate surface area is 119 Å². The molecule has 1 saturated heterocycles. The molecule has 0 N–H and O–H groups in total. The van der Waals surface area contributed by atoms with Crippen LogP contribution in [-0.2, 0) is 11.3 Å². The molecular weight excluding hydrogens is 248 g/mol. The summed E-state index contributed by atoms with van der Waals surface area (Å²) in [6.45, 7) is 3.70. The molecule has 3 heteroatoms. The third-order valence-corrected chi connectivity index (χ3v) is 4.13. The van der Waals surface area contributed by atoms with E-state index >= 15 is 0 Å². The second-order valence-electron chi connectivity index (χ2n) is 5.66. The van der Waals surface area contributed by atoms with Gasteiger partial charge in [0.1, 0.15) is 5.78 Å². The number of para-hydroxylation sites is 1. The van der Waals surface area contributed by atoms with Gasteiger partial charge in [-0.25, -0.2) is 0 Å². The number of nitrogens with zero attached hydrogens (tertiary/aromatic N) is 2. The van der Waals surface area contributed by atoms with Crippen molar-refractivity contribution >= 4 is 16.7 Å². The highest BCUT2D eigenvalue weighted by molar-refractivity contribution is 5.81. The average molecular weight is 268 g/mol. The Kier molecular flexibility index (Phi) is 3.79. The molecule has 3 rings (SSSR count). The lowest BCUT2D eigenvalue weighted by Gasteiger charge is -2.24. The van der Waals surface area contributed by atoms with Gasteiger partial charge in [0.15, 0.2) is 0 Å². The number of hydrogen-bond acceptors (Lipinski definition) is 3. The summed E-state index contributed by atoms with van der Waals surface area (Å²) in [7, 11) is 0. The Morgan fingerprint density at radius 3 is 3.05 bits per heavy atom. The first-order valence-corrected chi connectivity index (χ1v) is 7.30. The molecular formula is C17H20N2O. The lowest BCUT2D eigenvalue weighted by molar-refractivity contribution is -0.118. The molecule has 0 bridgehead atoms. The van der Waals surface area contributed by atoms with Gasteiger partial charge < -0.3 is 0 Å². The lowest BCUT2D eigenvalue weighted by atomic mass is 10.1. The largest absolute Gasteiger partial charge is 0.300 e. The molecule has 1 unspecified atom stereocenters. The van der Waals surface area contributed by atoms with Gasteiger partial charge in [-0.05, 0) is 44.0 Å². The molecule has 1 aromatic carbocycles. The number of pyridine rings is 1. The van der Waals surface area contributed by atoms with Crippen molar-refractivity contribution in [3.05, 3.63) is 42.1 Å². The van der Waals surface area contributed by atoms with Crippen LogP contribution in [-0.4, -0.2) is 28.3 Å². The predicted molar refractivity (Wildman–Crippen MR) is 80.5 cm³/mol. The van der Waals surface area contributed by atoms with Crippen LogP contribution in [0.3, 0.4) is 0 Å². The summed E-state index contributed by atoms with van der Waals surface area (Å²) in [6.07, 6.45) is 4.90. The molecule has 2 heterocycles. The van der Waals surface area contributed by atoms with Gasteiger partial charge >= 0.3 is 0 Å². The number of carbonyl (C=O) groups excluding carboxylic acids is 1. The van der Waals surface area contributed by atoms with Crippen molar-refractivity contribution in [3.8, 4) is 0 Å². The Balaban J connectivity index is 1.84. The fraction of sp³-hybridized carbons (Fsp3) is 0.412. The van der Waals surface area contributed by atoms with E-state index in [-0.39, 0.29) is 0 Å². The zero-order valence-electron chi connectivity index (χ0n) is 11.9. The van der Waals surface area contributed by atoms with Gasteiger partial charge in [-0.15, -0.1) is 0 Å². The van der Waals surface area contributed by atoms with Crippen molar-refractivity contribution in [2.24, 2.45) is 0 Å². The summed E-state index contributed by atoms with van der Waals surface area (Å²) >= 11 is 0. The fourth-order valence-electron chi connectivity index (χ4n) is 3.18. The molecule has 104 valence electrons. The van der Waals surface area contributed by atoms with Crippen LogP contribution >= 0.6 is 0 Å². The fourth-order valence-corrected chi connectivity index (χ4v) is 3.18. The van der Waals surface area contributed by atoms with E-state index in [1.54, 1.807) is 6.92 Å². The number of aromatic nitrogens is 1. The summed E-state index contributed by atoms with van der Waals surface area (Å²) in [5, 5.41) is 1.23. The number of rotatable bonds is 4. The summed E-state index contributed by atoms with van der Waals surface area (Å²) in [5.41, 5.74) is 2.36. The zero-order chi connectivity index (χ0) is 13.9. The van der Waals surface area contributed by atoms with Gasteiger partial charge in [-0.3, -0.25) is 14.7 Å². The van der Waals surface area contributed by atoms with E-state index in [0.29, 0.717) is 18.2 Å². The minimum atomic E-state index is 0.293. The monoisotopic (exact) mass is 268 g/mol. The standard InChI is InChI=1S/C17H20N2O/c1-13(20)11-15-5-4-10-19(15)12-14-8-9-18-17-7-3-2-6-16(14)17/h2-3,6-9,15H,4-5,10-12H2,1H3. The molecule has 3 nitrogen and oxygen atoms in total. The number of benzene rings is 1. The van der Waals surface area contributed by atoms with E-state index in [1.165, 1.54) is 17.4 Å². The molecule has 1 fully saturated rings. The van der Waals surface area contributed by atoms with Crippen LogP contribution in [0, 0.1) is 0 Å². The maximum Gasteiger partial charge on any atom is 0.131 e. The molecule has 1 aromatic heterocycles. The van der Waals surface area contributed by atoms with Gasteiger partial charge in [0.2, 0.25) is 0 Å². The number of hydrogen-bond donors (Lipinski definition) is 0. The first-order chi connectivity index (χ1) is 9.74. The van der Waals surface area contributed by atoms with Gasteiger partial charge in [0.05, 0.1) is 5.52 Å². The first kappa shape index (κ1) is 13.3. The van der Waals surface area contributed by atoms with Crippen LogP contribution in [0.5, 0.6) is 0 Å². The Hall–Kier alpha value is -1.74. The van der Waals surface area contributed by atoms with E-state index in [1.807, 2.05) is 12.3 Å². The van der Waals surface area contributed by atoms with E-state index in [9.17, 15) is 4.79 Å². The normalized spacial score (nSPS) is 19.6. The van der Waals surface area contributed by atoms with Crippen LogP contribution < -0.4 is 0 Å². The summed E-state index contributed by atoms with van der Waals surface area (Å²) in [5.74, 6) is 0.293. The van der Waals surface area contributed by atoms with Crippen LogP contribution in [0.4, 0.5) is 0 Å². The minimum absolute atomic E-state index is 0.293. The average Bonchev–Trinajstić information content (AvgIpc) is 2.86. The van der Waals surface area contributed by atoms with E-state index in [4.69, 9.17) is 0 Å². The van der Waals surface area contributed by atoms with E-state index < -0.39 is 0 Å². The number of fused-ring (bicyclic) bond motifs is 1. The smallest absolute Gasteiger partial charge is 0.131 e. The number of ketones is 1. The molecule has 1 aliphatic rings. The Bertz CT molecular complexity index is 618. The van der Waals surface area contributed by atoms with Crippen molar-refractivity contribution in [1.82, 2.24) is 9.88 Å². The Morgan fingerprint density at radius 2 is 2.20 bits per heavy atom. The molecule has 0 saturated carbocycles. The van der Waals surface area contributed by atoms with Gasteiger partial charge in [0.25, 0.3) is 0 Å². The molecule has 2 aromatic rings. The van der Waals surface area contributed by atoms with E-state index in [0.717, 1.165) is 25.0 Å². The number of carbonyl (C=O) groups is 1. The lowest BCUT2D eigenvalue weighted by Crippen LogP contribution is -2.30. The molecule has 0 spiro atoms. The molecule has 0 amide bonds. The van der Waals surface area contributed by atoms with Gasteiger partial charge in [-0.1, -0.05) is 18.2 Å². The SMILES string of the molecule is CC(=O)CC1CCCN1Cc1ccnc2ccccc12. The minimum Gasteiger partial charge on any atom is -0.300 e. The highest BCUT2D eigenvalue weighted by Crippen LogP contribution is 2.25. The van der Waals surface area contributed by atoms with Crippen molar-refractivity contribution in [1.29, 1.82) is 0 Å². The molecule has 1 aliphatic heterocycles. The maximum atomic E-state index is 11.4. The van der Waals surface area contributed by atoms with Crippen LogP contribution in [0.2, 0.25) is 0 Å². The first-order valence-electron chi connectivity index (χ1n) is 7.30. The second-order valence-corrected chi connectivity index (χ2v) is 5.66. The number of Topliss-reactive ketones (excluding diaryl/α,β-unsaturated/α-hetero) is 1. The van der Waals surface area contributed by atoms with Crippen molar-refractivity contribution in [2.75, 3.05) is 6.54 Å². The third-order valence-electron chi connectivity index (χ3n) is 4.13. The topological polar surface area (TPSA) is 33.2 Å². The Morgan fingerprint density at radius 1 is 1.35 bits per heavy atom. The van der Waals surface area contributed by atoms with Crippen LogP contribution in [0.1, 0.15) is 31.7 Å². The van der Waals surface area contributed by atoms with Gasteiger partial charge in [-0.2, -0.15) is 0 Å². The van der Waals surface area contributed by atoms with E-state index in [2.05, 4.69) is 34.1 Å². The van der Waals surface area contributed by atoms with Gasteiger partial charge in [0, 0.05) is 30.6 Å². The molecule has 20 heavy (non-hydrogen) atoms. The summed E-state index contributed by atoms with van der Waals surface area (Å²) in [4.78, 5) is 18.2. The van der Waals surface area contributed by atoms with Crippen LogP contribution in [0.15, 0.2) is 36.5 Å². The molecule has 1 atom stereocenters. The van der Waals surface area contributed by atoms with Crippen LogP contribution in [0.25, 0.3) is 10.9 Å². The van der Waals surface area contributed by atoms with Crippen molar-refractivity contribution in [3.63, 3.8) is 0 Å².